The molecule has 0 radical (unpaired) electrons. The average Bonchev–Trinajstić information content (AvgIpc) is 3.23. The molecule has 2 aromatic rings. The van der Waals surface area contributed by atoms with Gasteiger partial charge in [-0.05, 0) is 48.9 Å². The van der Waals surface area contributed by atoms with Gasteiger partial charge in [0.25, 0.3) is 5.91 Å². The van der Waals surface area contributed by atoms with Crippen molar-refractivity contribution in [3.05, 3.63) is 53.6 Å². The molecule has 0 saturated carbocycles. The highest BCUT2D eigenvalue weighted by molar-refractivity contribution is 5.90. The summed E-state index contributed by atoms with van der Waals surface area (Å²) in [4.78, 5) is 24.3. The number of hydrogen-bond acceptors (Lipinski definition) is 7. The monoisotopic (exact) mass is 413 g/mol. The Morgan fingerprint density at radius 2 is 1.90 bits per heavy atom. The molecule has 0 spiro atoms. The number of esters is 1. The van der Waals surface area contributed by atoms with Crippen LogP contribution >= 0.6 is 0 Å². The fraction of sp³-hybridized carbons (Fsp3) is 0.273. The highest BCUT2D eigenvalue weighted by Gasteiger charge is 2.17. The third-order valence-corrected chi connectivity index (χ3v) is 4.40. The SMILES string of the molecule is COc1ccc(OC)c(/C=C/C(=O)O[C@@H](C)C(=O)NCc2ccc3c(c2)OCO3)c1. The van der Waals surface area contributed by atoms with Crippen LogP contribution in [0.3, 0.4) is 0 Å². The molecule has 30 heavy (non-hydrogen) atoms. The third kappa shape index (κ3) is 5.22. The Balaban J connectivity index is 1.52. The molecule has 8 nitrogen and oxygen atoms in total. The quantitative estimate of drug-likeness (QED) is 0.525. The molecule has 0 aromatic heterocycles. The van der Waals surface area contributed by atoms with Crippen molar-refractivity contribution < 1.29 is 33.3 Å². The number of methoxy groups -OCH3 is 2. The summed E-state index contributed by atoms with van der Waals surface area (Å²) in [5, 5.41) is 2.73. The molecule has 2 aromatic carbocycles. The van der Waals surface area contributed by atoms with E-state index in [0.717, 1.165) is 5.56 Å². The predicted molar refractivity (Wildman–Crippen MR) is 109 cm³/mol. The zero-order valence-electron chi connectivity index (χ0n) is 17.0. The molecule has 1 amide bonds. The fourth-order valence-corrected chi connectivity index (χ4v) is 2.78. The molecule has 0 aliphatic carbocycles. The van der Waals surface area contributed by atoms with Crippen molar-refractivity contribution in [2.45, 2.75) is 19.6 Å². The summed E-state index contributed by atoms with van der Waals surface area (Å²) in [6.45, 7) is 1.97. The second kappa shape index (κ2) is 9.69. The molecule has 0 fully saturated rings. The topological polar surface area (TPSA) is 92.3 Å². The van der Waals surface area contributed by atoms with Crippen molar-refractivity contribution in [1.82, 2.24) is 5.32 Å². The van der Waals surface area contributed by atoms with E-state index in [1.807, 2.05) is 6.07 Å². The zero-order valence-corrected chi connectivity index (χ0v) is 17.0. The van der Waals surface area contributed by atoms with E-state index >= 15 is 0 Å². The summed E-state index contributed by atoms with van der Waals surface area (Å²) in [7, 11) is 3.08. The Morgan fingerprint density at radius 3 is 2.67 bits per heavy atom. The summed E-state index contributed by atoms with van der Waals surface area (Å²) >= 11 is 0. The van der Waals surface area contributed by atoms with E-state index in [9.17, 15) is 9.59 Å². The first-order chi connectivity index (χ1) is 14.5. The first-order valence-electron chi connectivity index (χ1n) is 9.27. The lowest BCUT2D eigenvalue weighted by atomic mass is 10.1. The second-order valence-corrected chi connectivity index (χ2v) is 6.43. The smallest absolute Gasteiger partial charge is 0.331 e. The maximum atomic E-state index is 12.2. The van der Waals surface area contributed by atoms with Crippen molar-refractivity contribution in [3.8, 4) is 23.0 Å². The van der Waals surface area contributed by atoms with E-state index in [2.05, 4.69) is 5.32 Å². The number of fused-ring (bicyclic) bond motifs is 1. The van der Waals surface area contributed by atoms with E-state index in [-0.39, 0.29) is 13.3 Å². The normalized spacial score (nSPS) is 13.0. The van der Waals surface area contributed by atoms with Gasteiger partial charge in [0.1, 0.15) is 11.5 Å². The van der Waals surface area contributed by atoms with Crippen LogP contribution in [0.1, 0.15) is 18.1 Å². The van der Waals surface area contributed by atoms with Crippen molar-refractivity contribution in [1.29, 1.82) is 0 Å². The lowest BCUT2D eigenvalue weighted by Gasteiger charge is -2.13. The van der Waals surface area contributed by atoms with Gasteiger partial charge in [-0.2, -0.15) is 0 Å². The van der Waals surface area contributed by atoms with E-state index in [1.54, 1.807) is 43.5 Å². The summed E-state index contributed by atoms with van der Waals surface area (Å²) in [6, 6.07) is 10.6. The van der Waals surface area contributed by atoms with Gasteiger partial charge in [0.2, 0.25) is 6.79 Å². The van der Waals surface area contributed by atoms with Crippen LogP contribution in [0, 0.1) is 0 Å². The van der Waals surface area contributed by atoms with Crippen molar-refractivity contribution >= 4 is 18.0 Å². The van der Waals surface area contributed by atoms with Gasteiger partial charge >= 0.3 is 5.97 Å². The molecule has 158 valence electrons. The molecule has 0 saturated heterocycles. The first-order valence-corrected chi connectivity index (χ1v) is 9.27. The largest absolute Gasteiger partial charge is 0.497 e. The summed E-state index contributed by atoms with van der Waals surface area (Å²) < 4.78 is 26.2. The highest BCUT2D eigenvalue weighted by atomic mass is 16.7. The number of hydrogen-bond donors (Lipinski definition) is 1. The van der Waals surface area contributed by atoms with Gasteiger partial charge in [-0.25, -0.2) is 4.79 Å². The molecule has 1 N–H and O–H groups in total. The Morgan fingerprint density at radius 1 is 1.10 bits per heavy atom. The standard InChI is InChI=1S/C22H23NO7/c1-14(22(25)23-12-15-4-7-19-20(10-15)29-13-28-19)30-21(24)9-5-16-11-17(26-2)6-8-18(16)27-3/h4-11,14H,12-13H2,1-3H3,(H,23,25)/b9-5+/t14-/m0/s1. The van der Waals surface area contributed by atoms with Crippen LogP contribution in [-0.4, -0.2) is 39.0 Å². The van der Waals surface area contributed by atoms with Gasteiger partial charge in [0, 0.05) is 18.2 Å². The van der Waals surface area contributed by atoms with E-state index in [1.165, 1.54) is 20.1 Å². The van der Waals surface area contributed by atoms with Gasteiger partial charge in [0.05, 0.1) is 14.2 Å². The van der Waals surface area contributed by atoms with Crippen LogP contribution in [0.4, 0.5) is 0 Å². The summed E-state index contributed by atoms with van der Waals surface area (Å²) in [6.07, 6.45) is 1.82. The van der Waals surface area contributed by atoms with Gasteiger partial charge in [-0.1, -0.05) is 6.07 Å². The number of amides is 1. The predicted octanol–water partition coefficient (Wildman–Crippen LogP) is 2.69. The van der Waals surface area contributed by atoms with Gasteiger partial charge in [-0.15, -0.1) is 0 Å². The minimum atomic E-state index is -0.955. The highest BCUT2D eigenvalue weighted by Crippen LogP contribution is 2.32. The van der Waals surface area contributed by atoms with Gasteiger partial charge in [0.15, 0.2) is 17.6 Å². The van der Waals surface area contributed by atoms with Crippen LogP contribution in [-0.2, 0) is 20.9 Å². The first kappa shape index (κ1) is 21.0. The zero-order chi connectivity index (χ0) is 21.5. The minimum Gasteiger partial charge on any atom is -0.497 e. The van der Waals surface area contributed by atoms with E-state index in [0.29, 0.717) is 28.6 Å². The lowest BCUT2D eigenvalue weighted by molar-refractivity contribution is -0.150. The number of rotatable bonds is 8. The molecule has 0 bridgehead atoms. The van der Waals surface area contributed by atoms with Crippen molar-refractivity contribution in [2.24, 2.45) is 0 Å². The van der Waals surface area contributed by atoms with Crippen LogP contribution in [0.15, 0.2) is 42.5 Å². The molecule has 1 aliphatic rings. The summed E-state index contributed by atoms with van der Waals surface area (Å²) in [5.74, 6) is 1.46. The molecule has 1 atom stereocenters. The fourth-order valence-electron chi connectivity index (χ4n) is 2.78. The summed E-state index contributed by atoms with van der Waals surface area (Å²) in [5.41, 5.74) is 1.49. The van der Waals surface area contributed by atoms with Crippen LogP contribution in [0.25, 0.3) is 6.08 Å². The number of carbonyl (C=O) groups excluding carboxylic acids is 2. The number of carbonyl (C=O) groups is 2. The number of nitrogens with one attached hydrogen (secondary N) is 1. The van der Waals surface area contributed by atoms with Crippen LogP contribution in [0.2, 0.25) is 0 Å². The van der Waals surface area contributed by atoms with Crippen molar-refractivity contribution in [3.63, 3.8) is 0 Å². The Hall–Kier alpha value is -3.68. The Kier molecular flexibility index (Phi) is 6.79. The number of ether oxygens (including phenoxy) is 5. The van der Waals surface area contributed by atoms with Crippen molar-refractivity contribution in [2.75, 3.05) is 21.0 Å². The van der Waals surface area contributed by atoms with Crippen LogP contribution < -0.4 is 24.3 Å². The third-order valence-electron chi connectivity index (χ3n) is 4.40. The molecule has 1 aliphatic heterocycles. The van der Waals surface area contributed by atoms with E-state index in [4.69, 9.17) is 23.7 Å². The van der Waals surface area contributed by atoms with E-state index < -0.39 is 18.0 Å². The molecular formula is C22H23NO7. The van der Waals surface area contributed by atoms with Gasteiger partial charge < -0.3 is 29.0 Å². The molecule has 3 rings (SSSR count). The molecule has 0 unspecified atom stereocenters. The number of benzene rings is 2. The minimum absolute atomic E-state index is 0.188. The maximum Gasteiger partial charge on any atom is 0.331 e. The Labute approximate surface area is 174 Å². The molecule has 8 heteroatoms. The maximum absolute atomic E-state index is 12.2. The Bertz CT molecular complexity index is 954. The van der Waals surface area contributed by atoms with Gasteiger partial charge in [-0.3, -0.25) is 4.79 Å². The second-order valence-electron chi connectivity index (χ2n) is 6.43. The van der Waals surface area contributed by atoms with Crippen LogP contribution in [0.5, 0.6) is 23.0 Å². The molecular weight excluding hydrogens is 390 g/mol. The lowest BCUT2D eigenvalue weighted by Crippen LogP contribution is -2.35. The molecule has 1 heterocycles. The average molecular weight is 413 g/mol.